The largest absolute Gasteiger partial charge is 0.484 e. The van der Waals surface area contributed by atoms with Gasteiger partial charge in [-0.3, -0.25) is 4.99 Å². The maximum absolute atomic E-state index is 8.32. The summed E-state index contributed by atoms with van der Waals surface area (Å²) in [4.78, 5) is 3.88. The van der Waals surface area contributed by atoms with Gasteiger partial charge in [0.2, 0.25) is 0 Å². The Morgan fingerprint density at radius 3 is 2.75 bits per heavy atom. The van der Waals surface area contributed by atoms with Crippen LogP contribution in [0.4, 0.5) is 0 Å². The van der Waals surface area contributed by atoms with Gasteiger partial charge in [-0.05, 0) is 6.92 Å². The molecular formula is C7H16ClNO3. The van der Waals surface area contributed by atoms with Crippen molar-refractivity contribution in [2.75, 3.05) is 33.0 Å². The van der Waals surface area contributed by atoms with Crippen molar-refractivity contribution in [3.05, 3.63) is 0 Å². The van der Waals surface area contributed by atoms with E-state index in [0.717, 1.165) is 0 Å². The Hall–Kier alpha value is -0.320. The lowest BCUT2D eigenvalue weighted by atomic mass is 10.7. The molecule has 0 atom stereocenters. The first-order chi connectivity index (χ1) is 5.41. The monoisotopic (exact) mass is 197 g/mol. The van der Waals surface area contributed by atoms with Crippen LogP contribution in [0.3, 0.4) is 0 Å². The fourth-order valence-electron chi connectivity index (χ4n) is 0.464. The molecule has 0 spiro atoms. The number of ether oxygens (including phenoxy) is 2. The number of rotatable bonds is 7. The molecule has 0 fully saturated rings. The standard InChI is InChI=1S/C7H15NO3.ClH/c1-2-10-7-8-3-5-11-6-4-9;/h7,9H,2-6H2,1H3;1H. The van der Waals surface area contributed by atoms with Crippen molar-refractivity contribution in [2.24, 2.45) is 4.99 Å². The topological polar surface area (TPSA) is 51.0 Å². The van der Waals surface area contributed by atoms with Gasteiger partial charge < -0.3 is 14.6 Å². The third-order valence-corrected chi connectivity index (χ3v) is 0.916. The number of aliphatic hydroxyl groups excluding tert-OH is 1. The van der Waals surface area contributed by atoms with E-state index in [-0.39, 0.29) is 19.0 Å². The van der Waals surface area contributed by atoms with Crippen LogP contribution in [0.25, 0.3) is 0 Å². The number of hydrogen-bond donors (Lipinski definition) is 1. The first-order valence-corrected chi connectivity index (χ1v) is 3.70. The highest BCUT2D eigenvalue weighted by Crippen LogP contribution is 1.75. The lowest BCUT2D eigenvalue weighted by Crippen LogP contribution is -2.03. The van der Waals surface area contributed by atoms with E-state index in [0.29, 0.717) is 26.4 Å². The highest BCUT2D eigenvalue weighted by atomic mass is 35.5. The second-order valence-corrected chi connectivity index (χ2v) is 1.80. The fraction of sp³-hybridized carbons (Fsp3) is 0.857. The van der Waals surface area contributed by atoms with E-state index in [9.17, 15) is 0 Å². The normalized spacial score (nSPS) is 9.83. The molecule has 0 aromatic rings. The molecule has 0 aromatic carbocycles. The van der Waals surface area contributed by atoms with Gasteiger partial charge in [-0.2, -0.15) is 0 Å². The van der Waals surface area contributed by atoms with E-state index >= 15 is 0 Å². The molecule has 0 radical (unpaired) electrons. The third kappa shape index (κ3) is 12.4. The Bertz CT molecular complexity index is 101. The first kappa shape index (κ1) is 14.2. The summed E-state index contributed by atoms with van der Waals surface area (Å²) in [5.74, 6) is 0. The predicted molar refractivity (Wildman–Crippen MR) is 50.1 cm³/mol. The van der Waals surface area contributed by atoms with Crippen LogP contribution in [0.2, 0.25) is 0 Å². The van der Waals surface area contributed by atoms with Gasteiger partial charge in [-0.1, -0.05) is 0 Å². The van der Waals surface area contributed by atoms with Crippen molar-refractivity contribution < 1.29 is 14.6 Å². The van der Waals surface area contributed by atoms with Crippen molar-refractivity contribution in [2.45, 2.75) is 6.92 Å². The van der Waals surface area contributed by atoms with Crippen molar-refractivity contribution in [1.29, 1.82) is 0 Å². The van der Waals surface area contributed by atoms with Crippen molar-refractivity contribution in [3.63, 3.8) is 0 Å². The zero-order valence-electron chi connectivity index (χ0n) is 7.23. The Kier molecular flexibility index (Phi) is 15.7. The number of nitrogens with zero attached hydrogens (tertiary/aromatic N) is 1. The van der Waals surface area contributed by atoms with Gasteiger partial charge in [0.05, 0.1) is 33.0 Å². The number of aliphatic hydroxyl groups is 1. The molecule has 4 nitrogen and oxygen atoms in total. The van der Waals surface area contributed by atoms with Crippen LogP contribution in [0.1, 0.15) is 6.92 Å². The molecule has 0 aliphatic rings. The maximum atomic E-state index is 8.32. The van der Waals surface area contributed by atoms with Crippen LogP contribution >= 0.6 is 12.4 Å². The minimum absolute atomic E-state index is 0. The molecule has 74 valence electrons. The minimum Gasteiger partial charge on any atom is -0.484 e. The molecule has 0 saturated carbocycles. The summed E-state index contributed by atoms with van der Waals surface area (Å²) < 4.78 is 9.79. The molecule has 0 aliphatic carbocycles. The molecule has 0 heterocycles. The van der Waals surface area contributed by atoms with Gasteiger partial charge in [-0.25, -0.2) is 0 Å². The van der Waals surface area contributed by atoms with Crippen LogP contribution in [0.15, 0.2) is 4.99 Å². The summed E-state index contributed by atoms with van der Waals surface area (Å²) in [6.45, 7) is 4.10. The fourth-order valence-corrected chi connectivity index (χ4v) is 0.464. The number of aliphatic imine (C=N–C) groups is 1. The van der Waals surface area contributed by atoms with E-state index in [4.69, 9.17) is 14.6 Å². The van der Waals surface area contributed by atoms with Gasteiger partial charge in [0.25, 0.3) is 0 Å². The van der Waals surface area contributed by atoms with Gasteiger partial charge >= 0.3 is 0 Å². The summed E-state index contributed by atoms with van der Waals surface area (Å²) in [5, 5.41) is 8.32. The molecule has 12 heavy (non-hydrogen) atoms. The molecule has 0 rings (SSSR count). The van der Waals surface area contributed by atoms with E-state index in [1.807, 2.05) is 6.92 Å². The molecule has 5 heteroatoms. The SMILES string of the molecule is CCOC=NCCOCCO.Cl. The molecule has 0 amide bonds. The van der Waals surface area contributed by atoms with Gasteiger partial charge in [0, 0.05) is 0 Å². The summed E-state index contributed by atoms with van der Waals surface area (Å²) in [6, 6.07) is 0. The van der Waals surface area contributed by atoms with Crippen LogP contribution in [0, 0.1) is 0 Å². The van der Waals surface area contributed by atoms with Crippen LogP contribution in [0.5, 0.6) is 0 Å². The first-order valence-electron chi connectivity index (χ1n) is 3.70. The van der Waals surface area contributed by atoms with E-state index in [1.165, 1.54) is 6.40 Å². The maximum Gasteiger partial charge on any atom is 0.169 e. The quantitative estimate of drug-likeness (QED) is 0.367. The van der Waals surface area contributed by atoms with E-state index < -0.39 is 0 Å². The minimum atomic E-state index is 0. The van der Waals surface area contributed by atoms with Crippen LogP contribution in [-0.2, 0) is 9.47 Å². The van der Waals surface area contributed by atoms with Crippen molar-refractivity contribution >= 4 is 18.8 Å². The lowest BCUT2D eigenvalue weighted by molar-refractivity contribution is 0.0976. The van der Waals surface area contributed by atoms with Crippen molar-refractivity contribution in [3.8, 4) is 0 Å². The zero-order chi connectivity index (χ0) is 8.36. The Labute approximate surface area is 79.0 Å². The smallest absolute Gasteiger partial charge is 0.169 e. The van der Waals surface area contributed by atoms with Crippen LogP contribution < -0.4 is 0 Å². The average Bonchev–Trinajstić information content (AvgIpc) is 2.03. The molecule has 1 N–H and O–H groups in total. The van der Waals surface area contributed by atoms with Gasteiger partial charge in [0.15, 0.2) is 6.40 Å². The molecule has 0 unspecified atom stereocenters. The zero-order valence-corrected chi connectivity index (χ0v) is 8.05. The molecule has 0 aliphatic heterocycles. The molecule has 0 saturated heterocycles. The van der Waals surface area contributed by atoms with Gasteiger partial charge in [0.1, 0.15) is 0 Å². The Morgan fingerprint density at radius 2 is 2.17 bits per heavy atom. The molecule has 0 bridgehead atoms. The highest BCUT2D eigenvalue weighted by molar-refractivity contribution is 5.85. The number of halogens is 1. The highest BCUT2D eigenvalue weighted by Gasteiger charge is 1.82. The van der Waals surface area contributed by atoms with Gasteiger partial charge in [-0.15, -0.1) is 12.4 Å². The lowest BCUT2D eigenvalue weighted by Gasteiger charge is -1.97. The van der Waals surface area contributed by atoms with Crippen LogP contribution in [-0.4, -0.2) is 44.5 Å². The Balaban J connectivity index is 0. The summed E-state index contributed by atoms with van der Waals surface area (Å²) in [6.07, 6.45) is 1.42. The average molecular weight is 198 g/mol. The second kappa shape index (κ2) is 13.3. The second-order valence-electron chi connectivity index (χ2n) is 1.80. The summed E-state index contributed by atoms with van der Waals surface area (Å²) in [7, 11) is 0. The third-order valence-electron chi connectivity index (χ3n) is 0.916. The number of hydrogen-bond acceptors (Lipinski definition) is 4. The van der Waals surface area contributed by atoms with Crippen molar-refractivity contribution in [1.82, 2.24) is 0 Å². The van der Waals surface area contributed by atoms with E-state index in [2.05, 4.69) is 4.99 Å². The summed E-state index contributed by atoms with van der Waals surface area (Å²) >= 11 is 0. The predicted octanol–water partition coefficient (Wildman–Crippen LogP) is 0.482. The summed E-state index contributed by atoms with van der Waals surface area (Å²) in [5.41, 5.74) is 0. The molecule has 0 aromatic heterocycles. The Morgan fingerprint density at radius 1 is 1.42 bits per heavy atom. The van der Waals surface area contributed by atoms with E-state index in [1.54, 1.807) is 0 Å². The molecular weight excluding hydrogens is 182 g/mol.